The molecule has 3 aromatic rings. The van der Waals surface area contributed by atoms with Gasteiger partial charge in [0.1, 0.15) is 5.82 Å². The average Bonchev–Trinajstić information content (AvgIpc) is 3.00. The lowest BCUT2D eigenvalue weighted by atomic mass is 10.2. The summed E-state index contributed by atoms with van der Waals surface area (Å²) in [5, 5.41) is 7.18. The first-order chi connectivity index (χ1) is 10.2. The number of hydrogen-bond acceptors (Lipinski definition) is 4. The van der Waals surface area contributed by atoms with E-state index >= 15 is 0 Å². The molecule has 0 aliphatic rings. The molecule has 0 spiro atoms. The number of fused-ring (bicyclic) bond motifs is 1. The highest BCUT2D eigenvalue weighted by atomic mass is 35.5. The van der Waals surface area contributed by atoms with Crippen LogP contribution in [-0.4, -0.2) is 16.0 Å². The molecule has 0 unspecified atom stereocenters. The summed E-state index contributed by atoms with van der Waals surface area (Å²) in [4.78, 5) is 10.4. The minimum absolute atomic E-state index is 0.356. The first-order valence-electron chi connectivity index (χ1n) is 6.95. The van der Waals surface area contributed by atoms with Gasteiger partial charge in [-0.3, -0.25) is 0 Å². The summed E-state index contributed by atoms with van der Waals surface area (Å²) in [6.45, 7) is 4.30. The van der Waals surface area contributed by atoms with E-state index in [1.165, 1.54) is 0 Å². The summed E-state index contributed by atoms with van der Waals surface area (Å²) in [6, 6.07) is 10.1. The monoisotopic (exact) mass is 317 g/mol. The van der Waals surface area contributed by atoms with Crippen molar-refractivity contribution in [1.29, 1.82) is 0 Å². The average molecular weight is 318 g/mol. The lowest BCUT2D eigenvalue weighted by molar-refractivity contribution is 0.760. The highest BCUT2D eigenvalue weighted by molar-refractivity contribution is 7.13. The second-order valence-corrected chi connectivity index (χ2v) is 6.37. The number of benzene rings is 1. The Morgan fingerprint density at radius 3 is 2.86 bits per heavy atom. The molecule has 0 radical (unpaired) electrons. The minimum atomic E-state index is 0.356. The highest BCUT2D eigenvalue weighted by Gasteiger charge is 2.12. The van der Waals surface area contributed by atoms with Crippen molar-refractivity contribution >= 4 is 39.7 Å². The molecule has 0 amide bonds. The molecule has 0 bridgehead atoms. The molecule has 3 nitrogen and oxygen atoms in total. The van der Waals surface area contributed by atoms with E-state index in [4.69, 9.17) is 16.6 Å². The molecule has 2 aromatic heterocycles. The number of anilines is 1. The summed E-state index contributed by atoms with van der Waals surface area (Å²) in [7, 11) is 0. The molecule has 0 aliphatic heterocycles. The third-order valence-corrected chi connectivity index (χ3v) is 4.50. The quantitative estimate of drug-likeness (QED) is 0.716. The molecule has 0 saturated heterocycles. The number of thiophene rings is 1. The van der Waals surface area contributed by atoms with Crippen molar-refractivity contribution in [2.45, 2.75) is 26.3 Å². The standard InChI is InChI=1S/C16H16ClN3S/c1-3-10(2)18-15-12-7-6-11(17)9-13(12)19-16(20-15)14-5-4-8-21-14/h4-10H,3H2,1-2H3,(H,18,19,20)/t10-/m0/s1. The van der Waals surface area contributed by atoms with Crippen LogP contribution in [0, 0.1) is 0 Å². The Kier molecular flexibility index (Phi) is 4.08. The van der Waals surface area contributed by atoms with Gasteiger partial charge in [0.15, 0.2) is 5.82 Å². The van der Waals surface area contributed by atoms with E-state index in [-0.39, 0.29) is 0 Å². The van der Waals surface area contributed by atoms with Gasteiger partial charge in [-0.1, -0.05) is 24.6 Å². The Bertz CT molecular complexity index is 756. The zero-order valence-corrected chi connectivity index (χ0v) is 13.5. The third-order valence-electron chi connectivity index (χ3n) is 3.40. The lowest BCUT2D eigenvalue weighted by Gasteiger charge is -2.15. The number of halogens is 1. The van der Waals surface area contributed by atoms with Crippen molar-refractivity contribution in [2.75, 3.05) is 5.32 Å². The number of hydrogen-bond donors (Lipinski definition) is 1. The molecule has 5 heteroatoms. The van der Waals surface area contributed by atoms with Crippen LogP contribution < -0.4 is 5.32 Å². The molecule has 1 atom stereocenters. The van der Waals surface area contributed by atoms with Crippen LogP contribution >= 0.6 is 22.9 Å². The van der Waals surface area contributed by atoms with Crippen molar-refractivity contribution in [3.05, 3.63) is 40.7 Å². The zero-order valence-electron chi connectivity index (χ0n) is 11.9. The number of rotatable bonds is 4. The largest absolute Gasteiger partial charge is 0.367 e. The van der Waals surface area contributed by atoms with Gasteiger partial charge in [0.05, 0.1) is 10.4 Å². The molecule has 108 valence electrons. The van der Waals surface area contributed by atoms with Crippen molar-refractivity contribution < 1.29 is 0 Å². The van der Waals surface area contributed by atoms with Crippen LogP contribution in [0.5, 0.6) is 0 Å². The van der Waals surface area contributed by atoms with E-state index in [9.17, 15) is 0 Å². The van der Waals surface area contributed by atoms with Crippen LogP contribution in [0.25, 0.3) is 21.6 Å². The molecular formula is C16H16ClN3S. The van der Waals surface area contributed by atoms with Crippen LogP contribution in [-0.2, 0) is 0 Å². The molecule has 1 aromatic carbocycles. The fraction of sp³-hybridized carbons (Fsp3) is 0.250. The first kappa shape index (κ1) is 14.3. The molecule has 3 rings (SSSR count). The Hall–Kier alpha value is -1.65. The summed E-state index contributed by atoms with van der Waals surface area (Å²) >= 11 is 7.74. The second-order valence-electron chi connectivity index (χ2n) is 4.99. The van der Waals surface area contributed by atoms with E-state index in [1.807, 2.05) is 35.7 Å². The van der Waals surface area contributed by atoms with Crippen molar-refractivity contribution in [2.24, 2.45) is 0 Å². The van der Waals surface area contributed by atoms with Gasteiger partial charge in [0.2, 0.25) is 0 Å². The second kappa shape index (κ2) is 6.00. The summed E-state index contributed by atoms with van der Waals surface area (Å²) < 4.78 is 0. The topological polar surface area (TPSA) is 37.8 Å². The van der Waals surface area contributed by atoms with Gasteiger partial charge in [-0.2, -0.15) is 0 Å². The zero-order chi connectivity index (χ0) is 14.8. The fourth-order valence-corrected chi connectivity index (χ4v) is 2.89. The van der Waals surface area contributed by atoms with Gasteiger partial charge >= 0.3 is 0 Å². The van der Waals surface area contributed by atoms with Crippen LogP contribution in [0.4, 0.5) is 5.82 Å². The Labute approximate surface area is 133 Å². The normalized spacial score (nSPS) is 12.5. The first-order valence-corrected chi connectivity index (χ1v) is 8.21. The fourth-order valence-electron chi connectivity index (χ4n) is 2.06. The molecule has 0 fully saturated rings. The van der Waals surface area contributed by atoms with Gasteiger partial charge in [-0.15, -0.1) is 11.3 Å². The van der Waals surface area contributed by atoms with Crippen LogP contribution in [0.15, 0.2) is 35.7 Å². The maximum Gasteiger partial charge on any atom is 0.172 e. The maximum atomic E-state index is 6.10. The summed E-state index contributed by atoms with van der Waals surface area (Å²) in [6.07, 6.45) is 1.04. The van der Waals surface area contributed by atoms with Crippen LogP contribution in [0.2, 0.25) is 5.02 Å². The Morgan fingerprint density at radius 1 is 1.29 bits per heavy atom. The van der Waals surface area contributed by atoms with E-state index in [1.54, 1.807) is 11.3 Å². The predicted octanol–water partition coefficient (Wildman–Crippen LogP) is 5.22. The summed E-state index contributed by atoms with van der Waals surface area (Å²) in [5.74, 6) is 1.61. The predicted molar refractivity (Wildman–Crippen MR) is 91.2 cm³/mol. The van der Waals surface area contributed by atoms with Crippen molar-refractivity contribution in [1.82, 2.24) is 9.97 Å². The summed E-state index contributed by atoms with van der Waals surface area (Å²) in [5.41, 5.74) is 0.867. The number of nitrogens with one attached hydrogen (secondary N) is 1. The molecule has 21 heavy (non-hydrogen) atoms. The van der Waals surface area contributed by atoms with Crippen LogP contribution in [0.1, 0.15) is 20.3 Å². The smallest absolute Gasteiger partial charge is 0.172 e. The van der Waals surface area contributed by atoms with Gasteiger partial charge in [0.25, 0.3) is 0 Å². The Balaban J connectivity index is 2.18. The number of aromatic nitrogens is 2. The molecular weight excluding hydrogens is 302 g/mol. The molecule has 0 saturated carbocycles. The Morgan fingerprint density at radius 2 is 2.14 bits per heavy atom. The van der Waals surface area contributed by atoms with Gasteiger partial charge in [0, 0.05) is 16.5 Å². The molecule has 1 N–H and O–H groups in total. The molecule has 2 heterocycles. The lowest BCUT2D eigenvalue weighted by Crippen LogP contribution is -2.15. The number of nitrogens with zero attached hydrogens (tertiary/aromatic N) is 2. The van der Waals surface area contributed by atoms with E-state index in [0.717, 1.165) is 33.8 Å². The molecule has 0 aliphatic carbocycles. The van der Waals surface area contributed by atoms with Gasteiger partial charge in [-0.25, -0.2) is 9.97 Å². The van der Waals surface area contributed by atoms with E-state index in [2.05, 4.69) is 24.1 Å². The SMILES string of the molecule is CC[C@H](C)Nc1nc(-c2cccs2)nc2cc(Cl)ccc12. The van der Waals surface area contributed by atoms with Crippen LogP contribution in [0.3, 0.4) is 0 Å². The minimum Gasteiger partial charge on any atom is -0.367 e. The van der Waals surface area contributed by atoms with Gasteiger partial charge in [-0.05, 0) is 43.0 Å². The van der Waals surface area contributed by atoms with E-state index in [0.29, 0.717) is 11.1 Å². The third kappa shape index (κ3) is 3.01. The van der Waals surface area contributed by atoms with E-state index < -0.39 is 0 Å². The highest BCUT2D eigenvalue weighted by Crippen LogP contribution is 2.29. The maximum absolute atomic E-state index is 6.10. The van der Waals surface area contributed by atoms with Crippen molar-refractivity contribution in [3.8, 4) is 10.7 Å². The van der Waals surface area contributed by atoms with Gasteiger partial charge < -0.3 is 5.32 Å². The van der Waals surface area contributed by atoms with Crippen molar-refractivity contribution in [3.63, 3.8) is 0 Å².